The summed E-state index contributed by atoms with van der Waals surface area (Å²) in [5.74, 6) is 1.78. The Bertz CT molecular complexity index is 1650. The lowest BCUT2D eigenvalue weighted by Gasteiger charge is -2.12. The predicted molar refractivity (Wildman–Crippen MR) is 146 cm³/mol. The number of rotatable bonds is 7. The molecule has 0 spiro atoms. The highest BCUT2D eigenvalue weighted by molar-refractivity contribution is 5.85. The van der Waals surface area contributed by atoms with Crippen molar-refractivity contribution < 1.29 is 0 Å². The molecule has 0 fully saturated rings. The molecule has 37 heavy (non-hydrogen) atoms. The molecule has 0 aliphatic carbocycles. The van der Waals surface area contributed by atoms with Crippen molar-refractivity contribution in [1.29, 1.82) is 0 Å². The summed E-state index contributed by atoms with van der Waals surface area (Å²) in [5, 5.41) is 14.4. The van der Waals surface area contributed by atoms with E-state index >= 15 is 0 Å². The van der Waals surface area contributed by atoms with Gasteiger partial charge in [0.05, 0.1) is 16.7 Å². The van der Waals surface area contributed by atoms with E-state index in [4.69, 9.17) is 4.98 Å². The third-order valence-electron chi connectivity index (χ3n) is 6.69. The van der Waals surface area contributed by atoms with Crippen molar-refractivity contribution in [3.8, 4) is 33.8 Å². The van der Waals surface area contributed by atoms with Gasteiger partial charge in [-0.15, -0.1) is 5.10 Å². The zero-order valence-corrected chi connectivity index (χ0v) is 20.9. The predicted octanol–water partition coefficient (Wildman–Crippen LogP) is 6.25. The van der Waals surface area contributed by atoms with E-state index < -0.39 is 0 Å². The molecule has 0 bridgehead atoms. The smallest absolute Gasteiger partial charge is 0.180 e. The summed E-state index contributed by atoms with van der Waals surface area (Å²) in [6, 6.07) is 27.3. The highest BCUT2D eigenvalue weighted by Crippen LogP contribution is 2.31. The van der Waals surface area contributed by atoms with Gasteiger partial charge >= 0.3 is 0 Å². The summed E-state index contributed by atoms with van der Waals surface area (Å²) in [7, 11) is 0. The van der Waals surface area contributed by atoms with Gasteiger partial charge in [-0.05, 0) is 70.3 Å². The molecule has 0 aliphatic heterocycles. The molecule has 7 nitrogen and oxygen atoms in total. The summed E-state index contributed by atoms with van der Waals surface area (Å²) < 4.78 is 2.36. The summed E-state index contributed by atoms with van der Waals surface area (Å²) in [5.41, 5.74) is 9.87. The normalized spacial score (nSPS) is 11.3. The van der Waals surface area contributed by atoms with Crippen LogP contribution >= 0.6 is 0 Å². The van der Waals surface area contributed by atoms with Crippen LogP contribution in [0.3, 0.4) is 0 Å². The van der Waals surface area contributed by atoms with Gasteiger partial charge in [-0.1, -0.05) is 61.5 Å². The third-order valence-corrected chi connectivity index (χ3v) is 6.69. The molecule has 6 aromatic rings. The molecule has 1 N–H and O–H groups in total. The summed E-state index contributed by atoms with van der Waals surface area (Å²) >= 11 is 0. The zero-order valence-electron chi connectivity index (χ0n) is 20.9. The van der Waals surface area contributed by atoms with E-state index in [1.165, 1.54) is 11.1 Å². The molecule has 0 saturated heterocycles. The molecule has 0 radical (unpaired) electrons. The monoisotopic (exact) mass is 485 g/mol. The van der Waals surface area contributed by atoms with Crippen molar-refractivity contribution in [1.82, 2.24) is 35.2 Å². The van der Waals surface area contributed by atoms with Gasteiger partial charge in [0.25, 0.3) is 0 Å². The minimum Gasteiger partial charge on any atom is -0.323 e. The maximum atomic E-state index is 5.06. The Morgan fingerprint density at radius 3 is 2.41 bits per heavy atom. The first kappa shape index (κ1) is 22.8. The molecule has 0 saturated carbocycles. The number of benzene rings is 3. The highest BCUT2D eigenvalue weighted by atomic mass is 15.5. The maximum absolute atomic E-state index is 5.06. The second kappa shape index (κ2) is 9.78. The molecule has 0 aliphatic rings. The lowest BCUT2D eigenvalue weighted by molar-refractivity contribution is 0.722. The molecule has 3 heterocycles. The molecule has 0 unspecified atom stereocenters. The van der Waals surface area contributed by atoms with Crippen LogP contribution in [0, 0.1) is 6.92 Å². The molecular weight excluding hydrogens is 458 g/mol. The SMILES string of the molecule is CCCc1nc2c(C)cc(-c3ccccn3)cc2n1Cc1ccc(-c2ccccc2-c2nnn[nH]2)cc1. The Labute approximate surface area is 215 Å². The number of tetrazole rings is 1. The first-order valence-corrected chi connectivity index (χ1v) is 12.5. The van der Waals surface area contributed by atoms with Crippen molar-refractivity contribution in [2.45, 2.75) is 33.2 Å². The highest BCUT2D eigenvalue weighted by Gasteiger charge is 2.15. The lowest BCUT2D eigenvalue weighted by Crippen LogP contribution is -2.05. The van der Waals surface area contributed by atoms with Crippen molar-refractivity contribution in [2.24, 2.45) is 0 Å². The molecule has 6 rings (SSSR count). The zero-order chi connectivity index (χ0) is 25.2. The number of fused-ring (bicyclic) bond motifs is 1. The van der Waals surface area contributed by atoms with Crippen LogP contribution in [0.2, 0.25) is 0 Å². The lowest BCUT2D eigenvalue weighted by atomic mass is 9.98. The summed E-state index contributed by atoms with van der Waals surface area (Å²) in [6.45, 7) is 5.09. The van der Waals surface area contributed by atoms with Crippen LogP contribution in [0.4, 0.5) is 0 Å². The van der Waals surface area contributed by atoms with E-state index in [9.17, 15) is 0 Å². The minimum atomic E-state index is 0.660. The Morgan fingerprint density at radius 1 is 0.865 bits per heavy atom. The minimum absolute atomic E-state index is 0.660. The second-order valence-corrected chi connectivity index (χ2v) is 9.23. The van der Waals surface area contributed by atoms with E-state index in [0.29, 0.717) is 5.82 Å². The summed E-state index contributed by atoms with van der Waals surface area (Å²) in [6.07, 6.45) is 3.82. The van der Waals surface area contributed by atoms with Crippen LogP contribution in [0.25, 0.3) is 44.8 Å². The Morgan fingerprint density at radius 2 is 1.68 bits per heavy atom. The molecule has 3 aromatic carbocycles. The molecule has 0 amide bonds. The Kier molecular flexibility index (Phi) is 6.02. The quantitative estimate of drug-likeness (QED) is 0.289. The number of hydrogen-bond acceptors (Lipinski definition) is 5. The first-order valence-electron chi connectivity index (χ1n) is 12.5. The number of nitrogens with one attached hydrogen (secondary N) is 1. The van der Waals surface area contributed by atoms with Crippen molar-refractivity contribution in [3.63, 3.8) is 0 Å². The number of aromatic amines is 1. The van der Waals surface area contributed by atoms with Crippen LogP contribution in [0.15, 0.2) is 85.1 Å². The second-order valence-electron chi connectivity index (χ2n) is 9.23. The fraction of sp³-hybridized carbons (Fsp3) is 0.167. The van der Waals surface area contributed by atoms with E-state index in [-0.39, 0.29) is 0 Å². The molecule has 3 aromatic heterocycles. The average molecular weight is 486 g/mol. The first-order chi connectivity index (χ1) is 18.2. The third kappa shape index (κ3) is 4.40. The van der Waals surface area contributed by atoms with Crippen LogP contribution in [0.5, 0.6) is 0 Å². The molecule has 7 heteroatoms. The number of aromatic nitrogens is 7. The Balaban J connectivity index is 1.38. The van der Waals surface area contributed by atoms with Gasteiger partial charge in [0.2, 0.25) is 0 Å². The average Bonchev–Trinajstić information content (AvgIpc) is 3.59. The van der Waals surface area contributed by atoms with Gasteiger partial charge < -0.3 is 4.57 Å². The standard InChI is InChI=1S/C30H27N7/c1-3-8-28-32-29-20(2)17-23(26-11-6-7-16-31-26)18-27(29)37(28)19-21-12-14-22(15-13-21)24-9-4-5-10-25(24)30-33-35-36-34-30/h4-7,9-18H,3,8,19H2,1-2H3,(H,33,34,35,36). The van der Waals surface area contributed by atoms with Crippen molar-refractivity contribution in [3.05, 3.63) is 102 Å². The van der Waals surface area contributed by atoms with Gasteiger partial charge in [0.1, 0.15) is 5.82 Å². The molecule has 0 atom stereocenters. The molecule has 182 valence electrons. The van der Waals surface area contributed by atoms with Gasteiger partial charge in [0, 0.05) is 30.3 Å². The van der Waals surface area contributed by atoms with Gasteiger partial charge in [0.15, 0.2) is 5.82 Å². The number of imidazole rings is 1. The van der Waals surface area contributed by atoms with Gasteiger partial charge in [-0.2, -0.15) is 0 Å². The van der Waals surface area contributed by atoms with Crippen LogP contribution < -0.4 is 0 Å². The van der Waals surface area contributed by atoms with E-state index in [0.717, 1.165) is 64.2 Å². The van der Waals surface area contributed by atoms with E-state index in [1.807, 2.05) is 36.5 Å². The van der Waals surface area contributed by atoms with Crippen LogP contribution in [-0.4, -0.2) is 35.2 Å². The molecular formula is C30H27N7. The van der Waals surface area contributed by atoms with E-state index in [2.05, 4.69) is 92.6 Å². The summed E-state index contributed by atoms with van der Waals surface area (Å²) in [4.78, 5) is 9.63. The number of hydrogen-bond donors (Lipinski definition) is 1. The maximum Gasteiger partial charge on any atom is 0.180 e. The van der Waals surface area contributed by atoms with E-state index in [1.54, 1.807) is 0 Å². The van der Waals surface area contributed by atoms with Crippen molar-refractivity contribution in [2.75, 3.05) is 0 Å². The largest absolute Gasteiger partial charge is 0.323 e. The van der Waals surface area contributed by atoms with Crippen LogP contribution in [-0.2, 0) is 13.0 Å². The van der Waals surface area contributed by atoms with Gasteiger partial charge in [-0.25, -0.2) is 10.1 Å². The fourth-order valence-electron chi connectivity index (χ4n) is 4.90. The topological polar surface area (TPSA) is 85.2 Å². The number of aryl methyl sites for hydroxylation is 2. The van der Waals surface area contributed by atoms with Gasteiger partial charge in [-0.3, -0.25) is 4.98 Å². The number of pyridine rings is 1. The van der Waals surface area contributed by atoms with Crippen LogP contribution in [0.1, 0.15) is 30.3 Å². The number of H-pyrrole nitrogens is 1. The fourth-order valence-corrected chi connectivity index (χ4v) is 4.90. The Hall–Kier alpha value is -4.65. The van der Waals surface area contributed by atoms with Crippen molar-refractivity contribution >= 4 is 11.0 Å². The number of nitrogens with zero attached hydrogens (tertiary/aromatic N) is 6.